The summed E-state index contributed by atoms with van der Waals surface area (Å²) in [5, 5.41) is 0. The Morgan fingerprint density at radius 2 is 2.05 bits per heavy atom. The van der Waals surface area contributed by atoms with E-state index in [9.17, 15) is 8.42 Å². The number of nitrogens with zero attached hydrogens (tertiary/aromatic N) is 3. The first kappa shape index (κ1) is 15.9. The molecule has 0 bridgehead atoms. The SMILES string of the molecule is CS(=O)(=O)N1CCC2(CC1)CN(Cc1ccccn1)CCO2. The highest BCUT2D eigenvalue weighted by molar-refractivity contribution is 7.88. The minimum absolute atomic E-state index is 0.200. The van der Waals surface area contributed by atoms with Crippen LogP contribution in [0.15, 0.2) is 24.4 Å². The number of sulfonamides is 1. The number of rotatable bonds is 3. The summed E-state index contributed by atoms with van der Waals surface area (Å²) >= 11 is 0. The number of pyridine rings is 1. The molecule has 1 spiro atoms. The summed E-state index contributed by atoms with van der Waals surface area (Å²) in [5.41, 5.74) is 0.863. The molecule has 2 aliphatic rings. The fourth-order valence-electron chi connectivity index (χ4n) is 3.31. The molecule has 0 atom stereocenters. The number of piperidine rings is 1. The highest BCUT2D eigenvalue weighted by atomic mass is 32.2. The predicted octanol–water partition coefficient (Wildman–Crippen LogP) is 0.708. The summed E-state index contributed by atoms with van der Waals surface area (Å²) < 4.78 is 30.9. The van der Waals surface area contributed by atoms with E-state index in [1.54, 1.807) is 4.31 Å². The second-order valence-electron chi connectivity index (χ2n) is 6.23. The lowest BCUT2D eigenvalue weighted by Crippen LogP contribution is -2.57. The van der Waals surface area contributed by atoms with Gasteiger partial charge in [-0.3, -0.25) is 9.88 Å². The van der Waals surface area contributed by atoms with E-state index in [4.69, 9.17) is 4.74 Å². The van der Waals surface area contributed by atoms with Crippen molar-refractivity contribution in [3.05, 3.63) is 30.1 Å². The number of ether oxygens (including phenoxy) is 1. The van der Waals surface area contributed by atoms with Crippen LogP contribution in [-0.2, 0) is 21.3 Å². The summed E-state index contributed by atoms with van der Waals surface area (Å²) in [4.78, 5) is 6.74. The van der Waals surface area contributed by atoms with Gasteiger partial charge in [0.05, 0.1) is 24.2 Å². The molecule has 0 N–H and O–H groups in total. The molecule has 122 valence electrons. The van der Waals surface area contributed by atoms with Gasteiger partial charge in [0, 0.05) is 38.9 Å². The van der Waals surface area contributed by atoms with Gasteiger partial charge in [-0.2, -0.15) is 0 Å². The zero-order valence-electron chi connectivity index (χ0n) is 12.9. The highest BCUT2D eigenvalue weighted by Gasteiger charge is 2.41. The van der Waals surface area contributed by atoms with Crippen LogP contribution in [0.4, 0.5) is 0 Å². The van der Waals surface area contributed by atoms with Crippen molar-refractivity contribution in [1.29, 1.82) is 0 Å². The fraction of sp³-hybridized carbons (Fsp3) is 0.667. The van der Waals surface area contributed by atoms with Crippen molar-refractivity contribution in [3.8, 4) is 0 Å². The zero-order valence-corrected chi connectivity index (χ0v) is 13.8. The van der Waals surface area contributed by atoms with Gasteiger partial charge in [0.25, 0.3) is 0 Å². The third-order valence-electron chi connectivity index (χ3n) is 4.54. The molecule has 22 heavy (non-hydrogen) atoms. The number of morpholine rings is 1. The maximum Gasteiger partial charge on any atom is 0.211 e. The molecule has 2 aliphatic heterocycles. The van der Waals surface area contributed by atoms with E-state index in [1.165, 1.54) is 6.26 Å². The second kappa shape index (κ2) is 6.23. The van der Waals surface area contributed by atoms with E-state index in [-0.39, 0.29) is 5.60 Å². The molecule has 2 saturated heterocycles. The first-order chi connectivity index (χ1) is 10.5. The van der Waals surface area contributed by atoms with Gasteiger partial charge >= 0.3 is 0 Å². The molecule has 2 fully saturated rings. The van der Waals surface area contributed by atoms with Gasteiger partial charge in [0.1, 0.15) is 0 Å². The molecule has 0 aromatic carbocycles. The van der Waals surface area contributed by atoms with Crippen molar-refractivity contribution in [2.24, 2.45) is 0 Å². The quantitative estimate of drug-likeness (QED) is 0.819. The van der Waals surface area contributed by atoms with Gasteiger partial charge in [0.2, 0.25) is 10.0 Å². The Bertz CT molecular complexity index is 598. The first-order valence-electron chi connectivity index (χ1n) is 7.68. The van der Waals surface area contributed by atoms with Gasteiger partial charge in [-0.05, 0) is 25.0 Å². The Morgan fingerprint density at radius 3 is 2.68 bits per heavy atom. The van der Waals surface area contributed by atoms with Crippen molar-refractivity contribution < 1.29 is 13.2 Å². The van der Waals surface area contributed by atoms with Crippen LogP contribution in [0.25, 0.3) is 0 Å². The third-order valence-corrected chi connectivity index (χ3v) is 5.85. The van der Waals surface area contributed by atoms with E-state index in [0.717, 1.165) is 38.2 Å². The van der Waals surface area contributed by atoms with E-state index in [1.807, 2.05) is 24.4 Å². The molecule has 7 heteroatoms. The van der Waals surface area contributed by atoms with Crippen LogP contribution in [-0.4, -0.2) is 67.2 Å². The minimum Gasteiger partial charge on any atom is -0.372 e. The molecule has 0 saturated carbocycles. The lowest BCUT2D eigenvalue weighted by molar-refractivity contribution is -0.131. The van der Waals surface area contributed by atoms with Crippen LogP contribution < -0.4 is 0 Å². The van der Waals surface area contributed by atoms with Gasteiger partial charge < -0.3 is 4.74 Å². The molecule has 0 unspecified atom stereocenters. The molecule has 0 amide bonds. The Balaban J connectivity index is 1.61. The number of hydrogen-bond acceptors (Lipinski definition) is 5. The molecule has 0 aliphatic carbocycles. The van der Waals surface area contributed by atoms with Crippen LogP contribution in [0.5, 0.6) is 0 Å². The van der Waals surface area contributed by atoms with Gasteiger partial charge in [-0.15, -0.1) is 0 Å². The molecule has 1 aromatic heterocycles. The van der Waals surface area contributed by atoms with Gasteiger partial charge in [0.15, 0.2) is 0 Å². The average molecular weight is 325 g/mol. The van der Waals surface area contributed by atoms with E-state index in [2.05, 4.69) is 9.88 Å². The molecule has 6 nitrogen and oxygen atoms in total. The molecular formula is C15H23N3O3S. The monoisotopic (exact) mass is 325 g/mol. The normalized spacial score (nSPS) is 23.7. The third kappa shape index (κ3) is 3.65. The Morgan fingerprint density at radius 1 is 1.27 bits per heavy atom. The van der Waals surface area contributed by atoms with E-state index in [0.29, 0.717) is 19.7 Å². The van der Waals surface area contributed by atoms with Crippen molar-refractivity contribution >= 4 is 10.0 Å². The van der Waals surface area contributed by atoms with E-state index < -0.39 is 10.0 Å². The standard InChI is InChI=1S/C15H23N3O3S/c1-22(19,20)18-8-5-15(6-9-18)13-17(10-11-21-15)12-14-4-2-3-7-16-14/h2-4,7H,5-6,8-13H2,1H3. The fourth-order valence-corrected chi connectivity index (χ4v) is 4.15. The number of hydrogen-bond donors (Lipinski definition) is 0. The maximum absolute atomic E-state index is 11.6. The van der Waals surface area contributed by atoms with Crippen LogP contribution in [0, 0.1) is 0 Å². The lowest BCUT2D eigenvalue weighted by Gasteiger charge is -2.46. The van der Waals surface area contributed by atoms with Crippen molar-refractivity contribution in [1.82, 2.24) is 14.2 Å². The summed E-state index contributed by atoms with van der Waals surface area (Å²) in [6.07, 6.45) is 4.62. The minimum atomic E-state index is -3.09. The predicted molar refractivity (Wildman–Crippen MR) is 83.8 cm³/mol. The van der Waals surface area contributed by atoms with Crippen LogP contribution >= 0.6 is 0 Å². The first-order valence-corrected chi connectivity index (χ1v) is 9.53. The summed E-state index contributed by atoms with van der Waals surface area (Å²) in [6.45, 7) is 4.37. The molecular weight excluding hydrogens is 302 g/mol. The largest absolute Gasteiger partial charge is 0.372 e. The lowest BCUT2D eigenvalue weighted by atomic mass is 9.90. The van der Waals surface area contributed by atoms with Crippen LogP contribution in [0.1, 0.15) is 18.5 Å². The molecule has 1 aromatic rings. The van der Waals surface area contributed by atoms with Gasteiger partial charge in [-0.1, -0.05) is 6.07 Å². The smallest absolute Gasteiger partial charge is 0.211 e. The zero-order chi connectivity index (χ0) is 15.6. The Kier molecular flexibility index (Phi) is 4.49. The Labute approximate surface area is 132 Å². The average Bonchev–Trinajstić information content (AvgIpc) is 2.48. The Hall–Kier alpha value is -1.02. The summed E-state index contributed by atoms with van der Waals surface area (Å²) in [5.74, 6) is 0. The molecule has 0 radical (unpaired) electrons. The second-order valence-corrected chi connectivity index (χ2v) is 8.21. The van der Waals surface area contributed by atoms with Crippen LogP contribution in [0.2, 0.25) is 0 Å². The van der Waals surface area contributed by atoms with E-state index >= 15 is 0 Å². The van der Waals surface area contributed by atoms with Crippen LogP contribution in [0.3, 0.4) is 0 Å². The number of aromatic nitrogens is 1. The van der Waals surface area contributed by atoms with Crippen molar-refractivity contribution in [2.45, 2.75) is 25.0 Å². The summed E-state index contributed by atoms with van der Waals surface area (Å²) in [6, 6.07) is 5.96. The van der Waals surface area contributed by atoms with Gasteiger partial charge in [-0.25, -0.2) is 12.7 Å². The topological polar surface area (TPSA) is 62.7 Å². The maximum atomic E-state index is 11.6. The molecule has 3 heterocycles. The highest BCUT2D eigenvalue weighted by Crippen LogP contribution is 2.31. The molecule has 3 rings (SSSR count). The van der Waals surface area contributed by atoms with Crippen molar-refractivity contribution in [3.63, 3.8) is 0 Å². The van der Waals surface area contributed by atoms with Crippen molar-refractivity contribution in [2.75, 3.05) is 39.0 Å². The summed E-state index contributed by atoms with van der Waals surface area (Å²) in [7, 11) is -3.09.